The largest absolute Gasteiger partial charge is 0.495 e. The van der Waals surface area contributed by atoms with Crippen molar-refractivity contribution in [3.05, 3.63) is 90.0 Å². The highest BCUT2D eigenvalue weighted by molar-refractivity contribution is 6.05. The standard InChI is InChI=1S/C27H26N4O4/c1-35-24-10-6-5-9-23(24)29-27(34)20-11-13-21(14-12-20)28-25(32)15-16-26(33)31-18-17-22(30-31)19-7-3-2-4-8-19/h2-14H,15-18H2,1H3,(H,28,32)(H,29,34). The number of amides is 3. The summed E-state index contributed by atoms with van der Waals surface area (Å²) < 4.78 is 5.25. The van der Waals surface area contributed by atoms with Crippen molar-refractivity contribution in [2.45, 2.75) is 19.3 Å². The normalized spacial score (nSPS) is 12.6. The highest BCUT2D eigenvalue weighted by Crippen LogP contribution is 2.24. The summed E-state index contributed by atoms with van der Waals surface area (Å²) in [4.78, 5) is 37.3. The molecular formula is C27H26N4O4. The van der Waals surface area contributed by atoms with Crippen molar-refractivity contribution in [2.75, 3.05) is 24.3 Å². The Hall–Kier alpha value is -4.46. The van der Waals surface area contributed by atoms with E-state index < -0.39 is 0 Å². The number of nitrogens with zero attached hydrogens (tertiary/aromatic N) is 2. The molecule has 0 bridgehead atoms. The molecule has 4 rings (SSSR count). The highest BCUT2D eigenvalue weighted by Gasteiger charge is 2.22. The number of hydrazone groups is 1. The molecule has 8 nitrogen and oxygen atoms in total. The van der Waals surface area contributed by atoms with Gasteiger partial charge in [0.1, 0.15) is 5.75 Å². The molecule has 1 aliphatic rings. The number of nitrogens with one attached hydrogen (secondary N) is 2. The molecule has 3 aromatic rings. The van der Waals surface area contributed by atoms with Crippen molar-refractivity contribution in [3.63, 3.8) is 0 Å². The molecule has 3 amide bonds. The van der Waals surface area contributed by atoms with E-state index in [-0.39, 0.29) is 30.6 Å². The van der Waals surface area contributed by atoms with Crippen molar-refractivity contribution in [1.82, 2.24) is 5.01 Å². The maximum Gasteiger partial charge on any atom is 0.255 e. The summed E-state index contributed by atoms with van der Waals surface area (Å²) in [6.07, 6.45) is 0.803. The van der Waals surface area contributed by atoms with Gasteiger partial charge < -0.3 is 15.4 Å². The van der Waals surface area contributed by atoms with E-state index >= 15 is 0 Å². The second-order valence-electron chi connectivity index (χ2n) is 7.96. The van der Waals surface area contributed by atoms with E-state index in [1.807, 2.05) is 36.4 Å². The maximum absolute atomic E-state index is 12.5. The van der Waals surface area contributed by atoms with Gasteiger partial charge in [-0.25, -0.2) is 5.01 Å². The van der Waals surface area contributed by atoms with Gasteiger partial charge >= 0.3 is 0 Å². The first-order valence-corrected chi connectivity index (χ1v) is 11.3. The van der Waals surface area contributed by atoms with Gasteiger partial charge in [-0.3, -0.25) is 14.4 Å². The van der Waals surface area contributed by atoms with E-state index in [1.165, 1.54) is 12.1 Å². The Morgan fingerprint density at radius 3 is 2.34 bits per heavy atom. The molecule has 8 heteroatoms. The summed E-state index contributed by atoms with van der Waals surface area (Å²) in [6, 6.07) is 23.4. The lowest BCUT2D eigenvalue weighted by Gasteiger charge is -2.12. The molecule has 0 unspecified atom stereocenters. The van der Waals surface area contributed by atoms with Crippen LogP contribution in [0.2, 0.25) is 0 Å². The topological polar surface area (TPSA) is 100 Å². The number of methoxy groups -OCH3 is 1. The van der Waals surface area contributed by atoms with Crippen LogP contribution in [0, 0.1) is 0 Å². The van der Waals surface area contributed by atoms with Gasteiger partial charge in [-0.15, -0.1) is 0 Å². The van der Waals surface area contributed by atoms with E-state index in [4.69, 9.17) is 4.74 Å². The number of rotatable bonds is 8. The number of benzene rings is 3. The maximum atomic E-state index is 12.5. The number of ether oxygens (including phenoxy) is 1. The second kappa shape index (κ2) is 11.1. The zero-order valence-corrected chi connectivity index (χ0v) is 19.4. The predicted octanol–water partition coefficient (Wildman–Crippen LogP) is 4.30. The van der Waals surface area contributed by atoms with Crippen molar-refractivity contribution in [2.24, 2.45) is 5.10 Å². The fourth-order valence-electron chi connectivity index (χ4n) is 3.69. The van der Waals surface area contributed by atoms with Gasteiger partial charge in [0.25, 0.3) is 5.91 Å². The van der Waals surface area contributed by atoms with Gasteiger partial charge in [0.15, 0.2) is 0 Å². The van der Waals surface area contributed by atoms with Gasteiger partial charge in [-0.1, -0.05) is 42.5 Å². The Labute approximate surface area is 203 Å². The Morgan fingerprint density at radius 1 is 0.886 bits per heavy atom. The molecule has 0 aliphatic carbocycles. The van der Waals surface area contributed by atoms with Crippen LogP contribution >= 0.6 is 0 Å². The molecule has 35 heavy (non-hydrogen) atoms. The quantitative estimate of drug-likeness (QED) is 0.513. The molecule has 2 N–H and O–H groups in total. The zero-order chi connectivity index (χ0) is 24.6. The molecule has 178 valence electrons. The Balaban J connectivity index is 1.26. The molecule has 0 fully saturated rings. The fraction of sp³-hybridized carbons (Fsp3) is 0.185. The van der Waals surface area contributed by atoms with Crippen LogP contribution in [0.15, 0.2) is 84.0 Å². The average Bonchev–Trinajstić information content (AvgIpc) is 3.39. The minimum absolute atomic E-state index is 0.0432. The summed E-state index contributed by atoms with van der Waals surface area (Å²) in [7, 11) is 1.54. The Morgan fingerprint density at radius 2 is 1.60 bits per heavy atom. The first-order valence-electron chi connectivity index (χ1n) is 11.3. The number of hydrogen-bond acceptors (Lipinski definition) is 5. The summed E-state index contributed by atoms with van der Waals surface area (Å²) in [5.74, 6) is -0.195. The van der Waals surface area contributed by atoms with Crippen molar-refractivity contribution >= 4 is 34.8 Å². The molecule has 0 aromatic heterocycles. The minimum Gasteiger partial charge on any atom is -0.495 e. The first-order chi connectivity index (χ1) is 17.0. The molecule has 0 atom stereocenters. The SMILES string of the molecule is COc1ccccc1NC(=O)c1ccc(NC(=O)CCC(=O)N2CCC(c3ccccc3)=N2)cc1. The summed E-state index contributed by atoms with van der Waals surface area (Å²) in [6.45, 7) is 0.517. The van der Waals surface area contributed by atoms with Crippen LogP contribution in [0.5, 0.6) is 5.75 Å². The third-order valence-electron chi connectivity index (χ3n) is 5.55. The van der Waals surface area contributed by atoms with Gasteiger partial charge in [0.2, 0.25) is 11.8 Å². The molecule has 0 spiro atoms. The molecular weight excluding hydrogens is 444 g/mol. The van der Waals surface area contributed by atoms with E-state index in [1.54, 1.807) is 42.5 Å². The van der Waals surface area contributed by atoms with Crippen molar-refractivity contribution in [3.8, 4) is 5.75 Å². The Kier molecular flexibility index (Phi) is 7.52. The number of para-hydroxylation sites is 2. The van der Waals surface area contributed by atoms with Crippen LogP contribution in [-0.2, 0) is 9.59 Å². The zero-order valence-electron chi connectivity index (χ0n) is 19.4. The molecule has 3 aromatic carbocycles. The minimum atomic E-state index is -0.293. The lowest BCUT2D eigenvalue weighted by atomic mass is 10.1. The van der Waals surface area contributed by atoms with Crippen molar-refractivity contribution < 1.29 is 19.1 Å². The first kappa shape index (κ1) is 23.7. The smallest absolute Gasteiger partial charge is 0.255 e. The summed E-state index contributed by atoms with van der Waals surface area (Å²) in [5, 5.41) is 11.4. The van der Waals surface area contributed by atoms with E-state index in [2.05, 4.69) is 15.7 Å². The number of carbonyl (C=O) groups excluding carboxylic acids is 3. The monoisotopic (exact) mass is 470 g/mol. The third-order valence-corrected chi connectivity index (χ3v) is 5.55. The van der Waals surface area contributed by atoms with Crippen LogP contribution in [0.4, 0.5) is 11.4 Å². The van der Waals surface area contributed by atoms with Gasteiger partial charge in [-0.2, -0.15) is 5.10 Å². The van der Waals surface area contributed by atoms with Gasteiger partial charge in [0, 0.05) is 30.5 Å². The fourth-order valence-corrected chi connectivity index (χ4v) is 3.69. The van der Waals surface area contributed by atoms with Crippen LogP contribution in [0.1, 0.15) is 35.2 Å². The predicted molar refractivity (Wildman–Crippen MR) is 135 cm³/mol. The van der Waals surface area contributed by atoms with Crippen LogP contribution < -0.4 is 15.4 Å². The molecule has 1 aliphatic heterocycles. The lowest BCUT2D eigenvalue weighted by molar-refractivity contribution is -0.132. The van der Waals surface area contributed by atoms with Crippen molar-refractivity contribution in [1.29, 1.82) is 0 Å². The van der Waals surface area contributed by atoms with Gasteiger partial charge in [-0.05, 0) is 42.0 Å². The van der Waals surface area contributed by atoms with E-state index in [9.17, 15) is 14.4 Å². The van der Waals surface area contributed by atoms with E-state index in [0.29, 0.717) is 35.7 Å². The lowest BCUT2D eigenvalue weighted by Crippen LogP contribution is -2.25. The van der Waals surface area contributed by atoms with Crippen LogP contribution in [-0.4, -0.2) is 42.1 Å². The molecule has 1 heterocycles. The van der Waals surface area contributed by atoms with Gasteiger partial charge in [0.05, 0.1) is 25.1 Å². The number of carbonyl (C=O) groups is 3. The summed E-state index contributed by atoms with van der Waals surface area (Å²) >= 11 is 0. The van der Waals surface area contributed by atoms with Crippen LogP contribution in [0.25, 0.3) is 0 Å². The third kappa shape index (κ3) is 6.11. The highest BCUT2D eigenvalue weighted by atomic mass is 16.5. The number of anilines is 2. The molecule has 0 saturated heterocycles. The molecule has 0 radical (unpaired) electrons. The molecule has 0 saturated carbocycles. The van der Waals surface area contributed by atoms with E-state index in [0.717, 1.165) is 11.3 Å². The average molecular weight is 471 g/mol. The Bertz CT molecular complexity index is 1240. The second-order valence-corrected chi connectivity index (χ2v) is 7.96. The number of hydrogen-bond donors (Lipinski definition) is 2. The summed E-state index contributed by atoms with van der Waals surface area (Å²) in [5.41, 5.74) is 3.42. The van der Waals surface area contributed by atoms with Crippen LogP contribution in [0.3, 0.4) is 0 Å².